The van der Waals surface area contributed by atoms with E-state index in [1.54, 1.807) is 0 Å². The summed E-state index contributed by atoms with van der Waals surface area (Å²) in [7, 11) is 0. The Labute approximate surface area is 426 Å². The smallest absolute Gasteiger partial charge is 0.220 e. The minimum atomic E-state index is -1.60. The van der Waals surface area contributed by atoms with Crippen molar-refractivity contribution in [2.75, 3.05) is 13.2 Å². The molecule has 0 saturated carbocycles. The van der Waals surface area contributed by atoms with Crippen LogP contribution in [0.1, 0.15) is 309 Å². The summed E-state index contributed by atoms with van der Waals surface area (Å²) in [6, 6.07) is -0.986. The predicted molar refractivity (Wildman–Crippen MR) is 287 cm³/mol. The van der Waals surface area contributed by atoms with Gasteiger partial charge in [0.25, 0.3) is 0 Å². The SMILES string of the molecule is CCCCCCCCCCCCCCCCCCCCCCCCCCCCCCCCC(=O)N[C@@H](CO[C@@H]1O[C@H](CO)[C@H](O)C(O)C1O)[C@H](O)[C@H](O)CCCCCCCCCCCCCCCC. The van der Waals surface area contributed by atoms with Crippen molar-refractivity contribution in [3.8, 4) is 0 Å². The zero-order valence-corrected chi connectivity index (χ0v) is 45.5. The highest BCUT2D eigenvalue weighted by atomic mass is 16.7. The fraction of sp³-hybridized carbons (Fsp3) is 0.983. The number of carbonyl (C=O) groups is 1. The summed E-state index contributed by atoms with van der Waals surface area (Å²) >= 11 is 0. The molecule has 1 rings (SSSR count). The van der Waals surface area contributed by atoms with Crippen molar-refractivity contribution in [1.29, 1.82) is 0 Å². The van der Waals surface area contributed by atoms with E-state index in [4.69, 9.17) is 9.47 Å². The maximum Gasteiger partial charge on any atom is 0.220 e. The summed E-state index contributed by atoms with van der Waals surface area (Å²) in [4.78, 5) is 13.1. The Balaban J connectivity index is 2.15. The first-order valence-corrected chi connectivity index (χ1v) is 30.3. The highest BCUT2D eigenvalue weighted by molar-refractivity contribution is 5.76. The van der Waals surface area contributed by atoms with Crippen LogP contribution in [0.5, 0.6) is 0 Å². The third kappa shape index (κ3) is 38.4. The van der Waals surface area contributed by atoms with Gasteiger partial charge in [-0.25, -0.2) is 0 Å². The van der Waals surface area contributed by atoms with Gasteiger partial charge in [-0.3, -0.25) is 4.79 Å². The van der Waals surface area contributed by atoms with Gasteiger partial charge in [0.05, 0.1) is 25.4 Å². The van der Waals surface area contributed by atoms with Gasteiger partial charge in [-0.2, -0.15) is 0 Å². The van der Waals surface area contributed by atoms with Crippen LogP contribution in [-0.2, 0) is 14.3 Å². The number of ether oxygens (including phenoxy) is 2. The van der Waals surface area contributed by atoms with Crippen LogP contribution < -0.4 is 5.32 Å². The molecule has 8 atom stereocenters. The Hall–Kier alpha value is -0.850. The molecule has 1 amide bonds. The lowest BCUT2D eigenvalue weighted by Crippen LogP contribution is -2.60. The maximum absolute atomic E-state index is 13.1. The molecule has 0 aromatic carbocycles. The number of hydrogen-bond acceptors (Lipinski definition) is 9. The number of carbonyl (C=O) groups excluding carboxylic acids is 1. The largest absolute Gasteiger partial charge is 0.394 e. The van der Waals surface area contributed by atoms with E-state index >= 15 is 0 Å². The first-order valence-electron chi connectivity index (χ1n) is 30.3. The molecule has 0 spiro atoms. The molecule has 1 aliphatic rings. The van der Waals surface area contributed by atoms with Crippen LogP contribution in [0.15, 0.2) is 0 Å². The van der Waals surface area contributed by atoms with Crippen LogP contribution in [0.4, 0.5) is 0 Å². The Bertz CT molecular complexity index is 1070. The van der Waals surface area contributed by atoms with Crippen molar-refractivity contribution in [3.63, 3.8) is 0 Å². The molecule has 69 heavy (non-hydrogen) atoms. The monoisotopic (exact) mass is 984 g/mol. The highest BCUT2D eigenvalue weighted by Gasteiger charge is 2.44. The van der Waals surface area contributed by atoms with Gasteiger partial charge in [0.1, 0.15) is 30.5 Å². The Kier molecular flexibility index (Phi) is 47.3. The molecule has 0 bridgehead atoms. The fourth-order valence-electron chi connectivity index (χ4n) is 10.2. The third-order valence-corrected chi connectivity index (χ3v) is 15.1. The second-order valence-electron chi connectivity index (χ2n) is 21.7. The summed E-state index contributed by atoms with van der Waals surface area (Å²) in [6.45, 7) is 3.66. The van der Waals surface area contributed by atoms with Gasteiger partial charge in [0, 0.05) is 6.42 Å². The standard InChI is InChI=1S/C59H117NO9/c1-3-5-7-9-11-13-15-17-19-20-21-22-23-24-25-26-27-28-29-30-31-32-33-34-36-38-40-42-44-46-48-54(63)60-51(50-68-59-58(67)57(66)56(65)53(49-61)69-59)55(64)52(62)47-45-43-41-39-37-35-18-16-14-12-10-8-6-4-2/h51-53,55-59,61-62,64-67H,3-50H2,1-2H3,(H,60,63)/t51-,52+,53+,55-,56-,57?,58?,59+/m0/s1. The summed E-state index contributed by atoms with van der Waals surface area (Å²) in [5.74, 6) is -0.250. The molecular weight excluding hydrogens is 867 g/mol. The molecule has 1 aliphatic heterocycles. The van der Waals surface area contributed by atoms with E-state index in [2.05, 4.69) is 19.2 Å². The highest BCUT2D eigenvalue weighted by Crippen LogP contribution is 2.24. The molecule has 1 saturated heterocycles. The van der Waals surface area contributed by atoms with Crippen molar-refractivity contribution in [2.24, 2.45) is 0 Å². The lowest BCUT2D eigenvalue weighted by molar-refractivity contribution is -0.303. The van der Waals surface area contributed by atoms with Gasteiger partial charge < -0.3 is 45.4 Å². The summed E-state index contributed by atoms with van der Waals surface area (Å²) < 4.78 is 11.2. The van der Waals surface area contributed by atoms with E-state index in [9.17, 15) is 35.4 Å². The maximum atomic E-state index is 13.1. The molecule has 0 aliphatic carbocycles. The van der Waals surface area contributed by atoms with E-state index in [1.165, 1.54) is 244 Å². The molecule has 0 radical (unpaired) electrons. The quantitative estimate of drug-likeness (QED) is 0.0293. The van der Waals surface area contributed by atoms with Crippen molar-refractivity contribution in [2.45, 2.75) is 358 Å². The molecule has 10 nitrogen and oxygen atoms in total. The molecule has 10 heteroatoms. The predicted octanol–water partition coefficient (Wildman–Crippen LogP) is 14.0. The minimum absolute atomic E-state index is 0.250. The average Bonchev–Trinajstić information content (AvgIpc) is 3.35. The van der Waals surface area contributed by atoms with Gasteiger partial charge in [-0.15, -0.1) is 0 Å². The van der Waals surface area contributed by atoms with Gasteiger partial charge in [0.15, 0.2) is 6.29 Å². The second-order valence-corrected chi connectivity index (χ2v) is 21.7. The van der Waals surface area contributed by atoms with Crippen molar-refractivity contribution in [3.05, 3.63) is 0 Å². The Morgan fingerprint density at radius 3 is 1.07 bits per heavy atom. The van der Waals surface area contributed by atoms with Crippen molar-refractivity contribution in [1.82, 2.24) is 5.32 Å². The molecule has 7 N–H and O–H groups in total. The number of aliphatic hydroxyl groups is 6. The van der Waals surface area contributed by atoms with E-state index in [0.29, 0.717) is 6.42 Å². The van der Waals surface area contributed by atoms with Gasteiger partial charge >= 0.3 is 0 Å². The molecule has 0 aromatic heterocycles. The van der Waals surface area contributed by atoms with E-state index in [0.717, 1.165) is 38.5 Å². The number of unbranched alkanes of at least 4 members (excludes halogenated alkanes) is 42. The lowest BCUT2D eigenvalue weighted by atomic mass is 9.98. The van der Waals surface area contributed by atoms with Crippen molar-refractivity contribution < 1.29 is 44.9 Å². The number of rotatable bonds is 53. The number of amides is 1. The summed E-state index contributed by atoms with van der Waals surface area (Å²) in [5, 5.41) is 65.5. The Morgan fingerprint density at radius 2 is 0.754 bits per heavy atom. The molecule has 1 fully saturated rings. The van der Waals surface area contributed by atoms with Crippen LogP contribution in [-0.4, -0.2) is 98.7 Å². The first-order chi connectivity index (χ1) is 33.8. The molecule has 2 unspecified atom stereocenters. The summed E-state index contributed by atoms with van der Waals surface area (Å²) in [6.07, 6.45) is 48.6. The molecule has 0 aromatic rings. The fourth-order valence-corrected chi connectivity index (χ4v) is 10.2. The van der Waals surface area contributed by atoms with Crippen LogP contribution in [0.2, 0.25) is 0 Å². The van der Waals surface area contributed by atoms with Crippen molar-refractivity contribution >= 4 is 5.91 Å². The van der Waals surface area contributed by atoms with E-state index in [-0.39, 0.29) is 18.9 Å². The molecule has 412 valence electrons. The van der Waals surface area contributed by atoms with E-state index < -0.39 is 55.6 Å². The van der Waals surface area contributed by atoms with E-state index in [1.807, 2.05) is 0 Å². The zero-order valence-electron chi connectivity index (χ0n) is 45.5. The van der Waals surface area contributed by atoms with Crippen LogP contribution in [0.3, 0.4) is 0 Å². The van der Waals surface area contributed by atoms with Crippen LogP contribution in [0, 0.1) is 0 Å². The van der Waals surface area contributed by atoms with Gasteiger partial charge in [-0.1, -0.05) is 290 Å². The number of nitrogens with one attached hydrogen (secondary N) is 1. The van der Waals surface area contributed by atoms with Crippen LogP contribution in [0.25, 0.3) is 0 Å². The normalized spacial score (nSPS) is 19.8. The zero-order chi connectivity index (χ0) is 50.3. The molecule has 1 heterocycles. The van der Waals surface area contributed by atoms with Gasteiger partial charge in [0.2, 0.25) is 5.91 Å². The van der Waals surface area contributed by atoms with Crippen LogP contribution >= 0.6 is 0 Å². The molecular formula is C59H117NO9. The minimum Gasteiger partial charge on any atom is -0.394 e. The second kappa shape index (κ2) is 49.4. The lowest BCUT2D eigenvalue weighted by Gasteiger charge is -2.40. The third-order valence-electron chi connectivity index (χ3n) is 15.1. The number of aliphatic hydroxyl groups excluding tert-OH is 6. The van der Waals surface area contributed by atoms with Gasteiger partial charge in [-0.05, 0) is 12.8 Å². The topological polar surface area (TPSA) is 169 Å². The summed E-state index contributed by atoms with van der Waals surface area (Å²) in [5.41, 5.74) is 0. The Morgan fingerprint density at radius 1 is 0.449 bits per heavy atom. The number of hydrogen-bond donors (Lipinski definition) is 7. The first kappa shape index (κ1) is 66.2. The average molecular weight is 985 g/mol.